The molecule has 2 aliphatic rings. The first-order valence-corrected chi connectivity index (χ1v) is 11.5. The second-order valence-corrected chi connectivity index (χ2v) is 8.90. The quantitative estimate of drug-likeness (QED) is 0.634. The highest BCUT2D eigenvalue weighted by molar-refractivity contribution is 7.99. The van der Waals surface area contributed by atoms with Gasteiger partial charge in [-0.2, -0.15) is 0 Å². The summed E-state index contributed by atoms with van der Waals surface area (Å²) in [7, 11) is 1.71. The molecule has 3 aromatic rings. The molecule has 0 unspecified atom stereocenters. The van der Waals surface area contributed by atoms with Gasteiger partial charge in [0.2, 0.25) is 11.7 Å². The Balaban J connectivity index is 1.27. The topological polar surface area (TPSA) is 96.2 Å². The summed E-state index contributed by atoms with van der Waals surface area (Å²) in [4.78, 5) is 39.2. The lowest BCUT2D eigenvalue weighted by atomic mass is 10.2. The Morgan fingerprint density at radius 1 is 1.22 bits per heavy atom. The zero-order valence-electron chi connectivity index (χ0n) is 17.6. The second-order valence-electron chi connectivity index (χ2n) is 7.84. The monoisotopic (exact) mass is 449 g/mol. The standard InChI is InChI=1S/C22H23N7O2S/c1-27-17-11-23-19(28-8-5-9-28)10-18(17)32-13-16(22(27)31)25-21(30)20-24-14-29(26-20)12-15-6-3-2-4-7-15/h2-4,6-7,10-11,14,16H,5,8-9,12-13H2,1H3,(H,25,30)/t16-/m0/s1. The molecule has 0 radical (unpaired) electrons. The van der Waals surface area contributed by atoms with Gasteiger partial charge in [-0.3, -0.25) is 9.59 Å². The molecule has 1 N–H and O–H groups in total. The van der Waals surface area contributed by atoms with Crippen molar-refractivity contribution in [3.05, 3.63) is 60.3 Å². The number of thioether (sulfide) groups is 1. The first-order chi connectivity index (χ1) is 15.6. The van der Waals surface area contributed by atoms with Gasteiger partial charge in [0.25, 0.3) is 5.91 Å². The number of benzene rings is 1. The molecule has 32 heavy (non-hydrogen) atoms. The molecule has 9 nitrogen and oxygen atoms in total. The molecule has 4 heterocycles. The molecule has 1 saturated heterocycles. The maximum atomic E-state index is 13.0. The lowest BCUT2D eigenvalue weighted by molar-refractivity contribution is -0.119. The zero-order chi connectivity index (χ0) is 22.1. The Morgan fingerprint density at radius 3 is 2.78 bits per heavy atom. The highest BCUT2D eigenvalue weighted by Crippen LogP contribution is 2.36. The van der Waals surface area contributed by atoms with Gasteiger partial charge in [-0.1, -0.05) is 30.3 Å². The number of anilines is 2. The summed E-state index contributed by atoms with van der Waals surface area (Å²) in [5, 5.41) is 7.08. The van der Waals surface area contributed by atoms with E-state index >= 15 is 0 Å². The van der Waals surface area contributed by atoms with Crippen LogP contribution in [0.5, 0.6) is 0 Å². The molecular formula is C22H23N7O2S. The van der Waals surface area contributed by atoms with E-state index in [0.717, 1.165) is 35.1 Å². The van der Waals surface area contributed by atoms with Crippen LogP contribution in [-0.4, -0.2) is 63.5 Å². The average Bonchev–Trinajstić information content (AvgIpc) is 3.20. The zero-order valence-corrected chi connectivity index (χ0v) is 18.5. The molecular weight excluding hydrogens is 426 g/mol. The summed E-state index contributed by atoms with van der Waals surface area (Å²) >= 11 is 1.55. The van der Waals surface area contributed by atoms with Crippen LogP contribution in [0.15, 0.2) is 53.8 Å². The van der Waals surface area contributed by atoms with Gasteiger partial charge >= 0.3 is 0 Å². The molecule has 2 amide bonds. The summed E-state index contributed by atoms with van der Waals surface area (Å²) < 4.78 is 1.61. The fourth-order valence-electron chi connectivity index (χ4n) is 3.67. The van der Waals surface area contributed by atoms with Crippen LogP contribution in [0.3, 0.4) is 0 Å². The van der Waals surface area contributed by atoms with Gasteiger partial charge in [-0.25, -0.2) is 14.6 Å². The van der Waals surface area contributed by atoms with Crippen LogP contribution in [0, 0.1) is 0 Å². The fraction of sp³-hybridized carbons (Fsp3) is 0.318. The molecule has 1 aromatic carbocycles. The van der Waals surface area contributed by atoms with E-state index in [1.54, 1.807) is 34.6 Å². The Hall–Kier alpha value is -3.40. The van der Waals surface area contributed by atoms with Crippen molar-refractivity contribution in [2.24, 2.45) is 0 Å². The first-order valence-electron chi connectivity index (χ1n) is 10.5. The number of amides is 2. The second kappa shape index (κ2) is 8.62. The van der Waals surface area contributed by atoms with E-state index in [1.807, 2.05) is 36.4 Å². The number of carbonyl (C=O) groups excluding carboxylic acids is 2. The number of pyridine rings is 1. The van der Waals surface area contributed by atoms with Crippen molar-refractivity contribution < 1.29 is 9.59 Å². The minimum atomic E-state index is -0.682. The van der Waals surface area contributed by atoms with Crippen LogP contribution in [0.4, 0.5) is 11.5 Å². The largest absolute Gasteiger partial charge is 0.356 e. The van der Waals surface area contributed by atoms with Gasteiger partial charge < -0.3 is 15.1 Å². The van der Waals surface area contributed by atoms with Crippen molar-refractivity contribution in [2.45, 2.75) is 23.9 Å². The third-order valence-corrected chi connectivity index (χ3v) is 6.78. The number of hydrogen-bond acceptors (Lipinski definition) is 7. The van der Waals surface area contributed by atoms with Crippen LogP contribution in [0.25, 0.3) is 0 Å². The molecule has 0 aliphatic carbocycles. The van der Waals surface area contributed by atoms with E-state index in [4.69, 9.17) is 0 Å². The van der Waals surface area contributed by atoms with Crippen molar-refractivity contribution in [1.82, 2.24) is 25.1 Å². The molecule has 5 rings (SSSR count). The van der Waals surface area contributed by atoms with Crippen molar-refractivity contribution in [1.29, 1.82) is 0 Å². The van der Waals surface area contributed by atoms with Gasteiger partial charge in [-0.05, 0) is 18.1 Å². The van der Waals surface area contributed by atoms with Gasteiger partial charge in [0, 0.05) is 30.8 Å². The van der Waals surface area contributed by atoms with Crippen LogP contribution in [0.1, 0.15) is 22.6 Å². The van der Waals surface area contributed by atoms with Crippen molar-refractivity contribution in [3.8, 4) is 0 Å². The van der Waals surface area contributed by atoms with E-state index in [9.17, 15) is 9.59 Å². The smallest absolute Gasteiger partial charge is 0.291 e. The molecule has 164 valence electrons. The number of nitrogens with zero attached hydrogens (tertiary/aromatic N) is 6. The van der Waals surface area contributed by atoms with Crippen LogP contribution in [0.2, 0.25) is 0 Å². The molecule has 2 aliphatic heterocycles. The molecule has 1 atom stereocenters. The highest BCUT2D eigenvalue weighted by Gasteiger charge is 2.31. The Kier molecular flexibility index (Phi) is 5.52. The lowest BCUT2D eigenvalue weighted by Crippen LogP contribution is -2.48. The summed E-state index contributed by atoms with van der Waals surface area (Å²) in [6.07, 6.45) is 4.44. The summed E-state index contributed by atoms with van der Waals surface area (Å²) in [6.45, 7) is 2.53. The normalized spacial score (nSPS) is 18.0. The van der Waals surface area contributed by atoms with Crippen LogP contribution >= 0.6 is 11.8 Å². The minimum Gasteiger partial charge on any atom is -0.356 e. The van der Waals surface area contributed by atoms with Crippen LogP contribution < -0.4 is 15.1 Å². The van der Waals surface area contributed by atoms with Crippen molar-refractivity contribution in [3.63, 3.8) is 0 Å². The number of rotatable bonds is 5. The van der Waals surface area contributed by atoms with Crippen molar-refractivity contribution in [2.75, 3.05) is 35.7 Å². The van der Waals surface area contributed by atoms with E-state index in [0.29, 0.717) is 12.3 Å². The molecule has 0 saturated carbocycles. The van der Waals surface area contributed by atoms with E-state index in [1.165, 1.54) is 12.7 Å². The summed E-state index contributed by atoms with van der Waals surface area (Å²) in [5.41, 5.74) is 1.82. The minimum absolute atomic E-state index is 0.0462. The predicted octanol–water partition coefficient (Wildman–Crippen LogP) is 1.80. The summed E-state index contributed by atoms with van der Waals surface area (Å²) in [5.74, 6) is 0.751. The number of hydrogen-bond donors (Lipinski definition) is 1. The Bertz CT molecular complexity index is 1150. The maximum Gasteiger partial charge on any atom is 0.291 e. The highest BCUT2D eigenvalue weighted by atomic mass is 32.2. The number of aromatic nitrogens is 4. The first kappa shape index (κ1) is 20.5. The lowest BCUT2D eigenvalue weighted by Gasteiger charge is -2.32. The summed E-state index contributed by atoms with van der Waals surface area (Å²) in [6, 6.07) is 11.2. The number of fused-ring (bicyclic) bond motifs is 1. The SMILES string of the molecule is CN1C(=O)[C@@H](NC(=O)c2ncn(Cc3ccccc3)n2)CSc2cc(N3CCC3)ncc21. The molecule has 1 fully saturated rings. The van der Waals surface area contributed by atoms with Crippen molar-refractivity contribution >= 4 is 35.1 Å². The van der Waals surface area contributed by atoms with E-state index in [-0.39, 0.29) is 11.7 Å². The van der Waals surface area contributed by atoms with E-state index in [2.05, 4.69) is 25.3 Å². The predicted molar refractivity (Wildman–Crippen MR) is 122 cm³/mol. The van der Waals surface area contributed by atoms with Crippen LogP contribution in [-0.2, 0) is 11.3 Å². The van der Waals surface area contributed by atoms with E-state index < -0.39 is 11.9 Å². The Morgan fingerprint density at radius 2 is 2.03 bits per heavy atom. The average molecular weight is 450 g/mol. The van der Waals surface area contributed by atoms with Gasteiger partial charge in [0.05, 0.1) is 18.4 Å². The third-order valence-electron chi connectivity index (χ3n) is 5.64. The van der Waals surface area contributed by atoms with Gasteiger partial charge in [-0.15, -0.1) is 16.9 Å². The number of carbonyl (C=O) groups is 2. The molecule has 2 aromatic heterocycles. The molecule has 0 bridgehead atoms. The number of nitrogens with one attached hydrogen (secondary N) is 1. The third kappa shape index (κ3) is 4.05. The van der Waals surface area contributed by atoms with Gasteiger partial charge in [0.15, 0.2) is 0 Å². The fourth-order valence-corrected chi connectivity index (χ4v) is 4.77. The molecule has 0 spiro atoms. The maximum absolute atomic E-state index is 13.0. The van der Waals surface area contributed by atoms with Gasteiger partial charge in [0.1, 0.15) is 18.2 Å². The molecule has 10 heteroatoms. The number of likely N-dealkylation sites (N-methyl/N-ethyl adjacent to an activating group) is 1. The Labute approximate surface area is 189 Å².